The van der Waals surface area contributed by atoms with Gasteiger partial charge in [-0.25, -0.2) is 4.39 Å². The third-order valence-electron chi connectivity index (χ3n) is 6.23. The van der Waals surface area contributed by atoms with Crippen LogP contribution in [0.4, 0.5) is 4.39 Å². The van der Waals surface area contributed by atoms with Crippen molar-refractivity contribution in [3.05, 3.63) is 59.4 Å². The maximum atomic E-state index is 13.5. The fourth-order valence-electron chi connectivity index (χ4n) is 4.93. The Morgan fingerprint density at radius 3 is 2.36 bits per heavy atom. The molecule has 28 heavy (non-hydrogen) atoms. The van der Waals surface area contributed by atoms with Crippen molar-refractivity contribution in [1.29, 1.82) is 0 Å². The lowest BCUT2D eigenvalue weighted by atomic mass is 9.83. The van der Waals surface area contributed by atoms with E-state index in [0.29, 0.717) is 6.04 Å². The summed E-state index contributed by atoms with van der Waals surface area (Å²) in [7, 11) is 0. The molecule has 0 spiro atoms. The summed E-state index contributed by atoms with van der Waals surface area (Å²) in [5.74, 6) is 0.618. The van der Waals surface area contributed by atoms with Crippen molar-refractivity contribution in [2.45, 2.75) is 65.0 Å². The number of benzene rings is 1. The van der Waals surface area contributed by atoms with Crippen LogP contribution in [0.3, 0.4) is 0 Å². The Morgan fingerprint density at radius 1 is 1.00 bits per heavy atom. The van der Waals surface area contributed by atoms with E-state index in [9.17, 15) is 4.39 Å². The van der Waals surface area contributed by atoms with Crippen LogP contribution in [-0.4, -0.2) is 42.0 Å². The van der Waals surface area contributed by atoms with Gasteiger partial charge in [-0.2, -0.15) is 0 Å². The Morgan fingerprint density at radius 2 is 1.75 bits per heavy atom. The molecule has 1 unspecified atom stereocenters. The van der Waals surface area contributed by atoms with Gasteiger partial charge in [0, 0.05) is 38.8 Å². The van der Waals surface area contributed by atoms with Crippen LogP contribution in [0.15, 0.2) is 48.1 Å². The molecule has 1 aromatic carbocycles. The maximum Gasteiger partial charge on any atom is 0.123 e. The minimum Gasteiger partial charge on any atom is -0.297 e. The average Bonchev–Trinajstić information content (AvgIpc) is 2.71. The second kappa shape index (κ2) is 10.9. The third kappa shape index (κ3) is 5.78. The van der Waals surface area contributed by atoms with Gasteiger partial charge in [0.2, 0.25) is 0 Å². The first-order valence-corrected chi connectivity index (χ1v) is 11.3. The highest BCUT2D eigenvalue weighted by Crippen LogP contribution is 2.31. The van der Waals surface area contributed by atoms with E-state index in [-0.39, 0.29) is 5.82 Å². The quantitative estimate of drug-likeness (QED) is 0.530. The zero-order valence-electron chi connectivity index (χ0n) is 17.7. The first-order valence-electron chi connectivity index (χ1n) is 11.3. The molecule has 1 fully saturated rings. The number of hydrogen-bond donors (Lipinski definition) is 0. The van der Waals surface area contributed by atoms with E-state index in [1.807, 2.05) is 12.1 Å². The van der Waals surface area contributed by atoms with Crippen LogP contribution in [0.2, 0.25) is 0 Å². The summed E-state index contributed by atoms with van der Waals surface area (Å²) in [6.07, 6.45) is 14.8. The fraction of sp³-hybridized carbons (Fsp3) is 0.600. The van der Waals surface area contributed by atoms with E-state index in [1.54, 1.807) is 11.6 Å². The monoisotopic (exact) mass is 384 g/mol. The van der Waals surface area contributed by atoms with Crippen molar-refractivity contribution in [1.82, 2.24) is 9.80 Å². The van der Waals surface area contributed by atoms with Crippen LogP contribution in [0.1, 0.15) is 57.9 Å². The minimum absolute atomic E-state index is 0.130. The summed E-state index contributed by atoms with van der Waals surface area (Å²) in [6.45, 7) is 9.84. The molecule has 0 saturated carbocycles. The Bertz CT molecular complexity index is 652. The number of rotatable bonds is 9. The molecule has 1 aliphatic heterocycles. The zero-order chi connectivity index (χ0) is 19.8. The van der Waals surface area contributed by atoms with Gasteiger partial charge in [0.25, 0.3) is 0 Å². The summed E-state index contributed by atoms with van der Waals surface area (Å²) in [6, 6.07) is 7.62. The molecule has 0 bridgehead atoms. The highest BCUT2D eigenvalue weighted by atomic mass is 19.1. The van der Waals surface area contributed by atoms with Crippen molar-refractivity contribution in [3.63, 3.8) is 0 Å². The molecular formula is C25H37FN2. The van der Waals surface area contributed by atoms with E-state index < -0.39 is 0 Å². The molecule has 3 rings (SSSR count). The molecular weight excluding hydrogens is 347 g/mol. The van der Waals surface area contributed by atoms with Crippen LogP contribution in [0.25, 0.3) is 0 Å². The number of hydrogen-bond acceptors (Lipinski definition) is 2. The SMILES string of the molecule is CCCC(CCC)C(C1=CCCC=C1)N1CCN(Cc2cccc(F)c2)CC1. The van der Waals surface area contributed by atoms with E-state index >= 15 is 0 Å². The topological polar surface area (TPSA) is 6.48 Å². The molecule has 1 saturated heterocycles. The summed E-state index contributed by atoms with van der Waals surface area (Å²) in [5.41, 5.74) is 2.63. The second-order valence-corrected chi connectivity index (χ2v) is 8.41. The molecule has 0 aromatic heterocycles. The second-order valence-electron chi connectivity index (χ2n) is 8.41. The van der Waals surface area contributed by atoms with Gasteiger partial charge < -0.3 is 0 Å². The standard InChI is InChI=1S/C25H37FN2/c1-3-9-22(10-4-2)25(23-12-6-5-7-13-23)28-17-15-27(16-18-28)20-21-11-8-14-24(26)19-21/h6,8,11-14,19,22,25H,3-5,7,9-10,15-18,20H2,1-2H3. The van der Waals surface area contributed by atoms with Gasteiger partial charge in [0.05, 0.1) is 0 Å². The lowest BCUT2D eigenvalue weighted by molar-refractivity contribution is 0.0770. The molecule has 1 aliphatic carbocycles. The highest BCUT2D eigenvalue weighted by Gasteiger charge is 2.31. The van der Waals surface area contributed by atoms with E-state index in [4.69, 9.17) is 0 Å². The van der Waals surface area contributed by atoms with Gasteiger partial charge in [0.15, 0.2) is 0 Å². The minimum atomic E-state index is -0.130. The smallest absolute Gasteiger partial charge is 0.123 e. The van der Waals surface area contributed by atoms with Crippen molar-refractivity contribution >= 4 is 0 Å². The summed E-state index contributed by atoms with van der Waals surface area (Å²) >= 11 is 0. The molecule has 0 amide bonds. The summed E-state index contributed by atoms with van der Waals surface area (Å²) in [4.78, 5) is 5.21. The van der Waals surface area contributed by atoms with Crippen molar-refractivity contribution in [2.24, 2.45) is 5.92 Å². The number of allylic oxidation sites excluding steroid dienone is 2. The Kier molecular flexibility index (Phi) is 8.29. The molecule has 0 N–H and O–H groups in total. The van der Waals surface area contributed by atoms with Gasteiger partial charge in [-0.15, -0.1) is 0 Å². The molecule has 154 valence electrons. The lowest BCUT2D eigenvalue weighted by Crippen LogP contribution is -2.52. The summed E-state index contributed by atoms with van der Waals surface area (Å²) < 4.78 is 13.5. The molecule has 0 radical (unpaired) electrons. The largest absolute Gasteiger partial charge is 0.297 e. The normalized spacial score (nSPS) is 19.8. The van der Waals surface area contributed by atoms with Crippen LogP contribution < -0.4 is 0 Å². The third-order valence-corrected chi connectivity index (χ3v) is 6.23. The van der Waals surface area contributed by atoms with Gasteiger partial charge >= 0.3 is 0 Å². The lowest BCUT2D eigenvalue weighted by Gasteiger charge is -2.43. The van der Waals surface area contributed by atoms with Crippen molar-refractivity contribution < 1.29 is 4.39 Å². The first kappa shape index (κ1) is 21.3. The Labute approximate surface area is 171 Å². The van der Waals surface area contributed by atoms with Crippen LogP contribution >= 0.6 is 0 Å². The van der Waals surface area contributed by atoms with E-state index in [1.165, 1.54) is 44.6 Å². The molecule has 3 heteroatoms. The summed E-state index contributed by atoms with van der Waals surface area (Å²) in [5, 5.41) is 0. The maximum absolute atomic E-state index is 13.5. The molecule has 1 aromatic rings. The highest BCUT2D eigenvalue weighted by molar-refractivity contribution is 5.29. The van der Waals surface area contributed by atoms with Gasteiger partial charge in [-0.1, -0.05) is 57.0 Å². The fourth-order valence-corrected chi connectivity index (χ4v) is 4.93. The predicted octanol–water partition coefficient (Wildman–Crippen LogP) is 5.80. The molecule has 1 atom stereocenters. The number of nitrogens with zero attached hydrogens (tertiary/aromatic N) is 2. The van der Waals surface area contributed by atoms with Crippen LogP contribution in [0, 0.1) is 11.7 Å². The van der Waals surface area contributed by atoms with Crippen LogP contribution in [-0.2, 0) is 6.54 Å². The van der Waals surface area contributed by atoms with Crippen LogP contribution in [0.5, 0.6) is 0 Å². The number of halogens is 1. The van der Waals surface area contributed by atoms with Gasteiger partial charge in [0.1, 0.15) is 5.82 Å². The van der Waals surface area contributed by atoms with E-state index in [0.717, 1.165) is 44.2 Å². The van der Waals surface area contributed by atoms with E-state index in [2.05, 4.69) is 41.9 Å². The van der Waals surface area contributed by atoms with Crippen molar-refractivity contribution in [2.75, 3.05) is 26.2 Å². The molecule has 1 heterocycles. The molecule has 2 nitrogen and oxygen atoms in total. The molecule has 2 aliphatic rings. The average molecular weight is 385 g/mol. The first-order chi connectivity index (χ1) is 13.7. The number of piperazine rings is 1. The Hall–Kier alpha value is -1.45. The van der Waals surface area contributed by atoms with Crippen molar-refractivity contribution in [3.8, 4) is 0 Å². The Balaban J connectivity index is 1.66. The van der Waals surface area contributed by atoms with Gasteiger partial charge in [-0.05, 0) is 54.9 Å². The zero-order valence-corrected chi connectivity index (χ0v) is 17.7. The predicted molar refractivity (Wildman–Crippen MR) is 117 cm³/mol. The van der Waals surface area contributed by atoms with Gasteiger partial charge in [-0.3, -0.25) is 9.80 Å².